The SMILES string of the molecule is C=CCSN(CC=C)CC=C. The molecule has 2 heteroatoms. The molecule has 0 bridgehead atoms. The summed E-state index contributed by atoms with van der Waals surface area (Å²) in [7, 11) is 0. The predicted octanol–water partition coefficient (Wildman–Crippen LogP) is 2.49. The summed E-state index contributed by atoms with van der Waals surface area (Å²) in [5.41, 5.74) is 0. The normalized spacial score (nSPS) is 9.55. The lowest BCUT2D eigenvalue weighted by Crippen LogP contribution is -2.15. The van der Waals surface area contributed by atoms with Crippen molar-refractivity contribution in [2.75, 3.05) is 18.8 Å². The Morgan fingerprint density at radius 1 is 1.00 bits per heavy atom. The third kappa shape index (κ3) is 5.95. The molecule has 0 heterocycles. The maximum absolute atomic E-state index is 3.68. The fourth-order valence-electron chi connectivity index (χ4n) is 0.626. The second-order valence-electron chi connectivity index (χ2n) is 2.01. The van der Waals surface area contributed by atoms with Crippen LogP contribution in [-0.2, 0) is 0 Å². The third-order valence-electron chi connectivity index (χ3n) is 1.04. The molecule has 0 aromatic carbocycles. The van der Waals surface area contributed by atoms with E-state index in [4.69, 9.17) is 0 Å². The van der Waals surface area contributed by atoms with E-state index in [0.717, 1.165) is 18.8 Å². The van der Waals surface area contributed by atoms with Gasteiger partial charge in [0.15, 0.2) is 0 Å². The van der Waals surface area contributed by atoms with Crippen LogP contribution in [0.4, 0.5) is 0 Å². The van der Waals surface area contributed by atoms with Crippen LogP contribution in [0.25, 0.3) is 0 Å². The smallest absolute Gasteiger partial charge is 0.0271 e. The van der Waals surface area contributed by atoms with Crippen molar-refractivity contribution in [3.8, 4) is 0 Å². The van der Waals surface area contributed by atoms with E-state index >= 15 is 0 Å². The average Bonchev–Trinajstić information content (AvgIpc) is 2.01. The Balaban J connectivity index is 3.57. The minimum absolute atomic E-state index is 0.893. The standard InChI is InChI=1S/C9H15NS/c1-4-7-10(8-5-2)11-9-6-3/h4-6H,1-3,7-9H2. The zero-order valence-corrected chi connectivity index (χ0v) is 7.65. The molecule has 0 fully saturated rings. The Kier molecular flexibility index (Phi) is 7.31. The highest BCUT2D eigenvalue weighted by Crippen LogP contribution is 2.08. The number of rotatable bonds is 7. The van der Waals surface area contributed by atoms with Crippen LogP contribution in [0.3, 0.4) is 0 Å². The minimum atomic E-state index is 0.893. The highest BCUT2D eigenvalue weighted by molar-refractivity contribution is 7.97. The molecule has 0 rings (SSSR count). The first-order valence-corrected chi connectivity index (χ1v) is 4.50. The molecule has 1 nitrogen and oxygen atoms in total. The van der Waals surface area contributed by atoms with Gasteiger partial charge in [-0.3, -0.25) is 0 Å². The van der Waals surface area contributed by atoms with Gasteiger partial charge in [0.1, 0.15) is 0 Å². The highest BCUT2D eigenvalue weighted by atomic mass is 32.2. The van der Waals surface area contributed by atoms with E-state index in [9.17, 15) is 0 Å². The van der Waals surface area contributed by atoms with Crippen LogP contribution in [0.1, 0.15) is 0 Å². The quantitative estimate of drug-likeness (QED) is 0.425. The summed E-state index contributed by atoms with van der Waals surface area (Å²) in [5, 5.41) is 0. The van der Waals surface area contributed by atoms with Crippen LogP contribution in [0, 0.1) is 0 Å². The molecular weight excluding hydrogens is 154 g/mol. The molecule has 0 aromatic rings. The van der Waals surface area contributed by atoms with E-state index in [-0.39, 0.29) is 0 Å². The molecule has 0 saturated carbocycles. The molecule has 0 radical (unpaired) electrons. The van der Waals surface area contributed by atoms with E-state index in [0.29, 0.717) is 0 Å². The Labute approximate surface area is 73.6 Å². The van der Waals surface area contributed by atoms with Gasteiger partial charge in [0.05, 0.1) is 0 Å². The van der Waals surface area contributed by atoms with Crippen molar-refractivity contribution >= 4 is 11.9 Å². The molecule has 62 valence electrons. The molecule has 0 aromatic heterocycles. The van der Waals surface area contributed by atoms with Gasteiger partial charge < -0.3 is 0 Å². The molecular formula is C9H15NS. The first-order valence-electron chi connectivity index (χ1n) is 3.55. The number of hydrogen-bond acceptors (Lipinski definition) is 2. The first kappa shape index (κ1) is 10.5. The predicted molar refractivity (Wildman–Crippen MR) is 54.6 cm³/mol. The minimum Gasteiger partial charge on any atom is -0.243 e. The summed E-state index contributed by atoms with van der Waals surface area (Å²) >= 11 is 1.74. The zero-order chi connectivity index (χ0) is 8.53. The van der Waals surface area contributed by atoms with Gasteiger partial charge in [0.2, 0.25) is 0 Å². The van der Waals surface area contributed by atoms with Crippen LogP contribution in [-0.4, -0.2) is 23.1 Å². The Hall–Kier alpha value is -0.470. The van der Waals surface area contributed by atoms with E-state index in [2.05, 4.69) is 24.0 Å². The fraction of sp³-hybridized carbons (Fsp3) is 0.333. The van der Waals surface area contributed by atoms with Gasteiger partial charge in [-0.25, -0.2) is 4.31 Å². The van der Waals surface area contributed by atoms with Crippen LogP contribution in [0.5, 0.6) is 0 Å². The fourth-order valence-corrected chi connectivity index (χ4v) is 1.36. The summed E-state index contributed by atoms with van der Waals surface area (Å²) in [5.74, 6) is 0.946. The molecule has 0 aliphatic carbocycles. The van der Waals surface area contributed by atoms with Crippen molar-refractivity contribution in [3.63, 3.8) is 0 Å². The van der Waals surface area contributed by atoms with Gasteiger partial charge in [-0.15, -0.1) is 19.7 Å². The second kappa shape index (κ2) is 7.63. The van der Waals surface area contributed by atoms with Crippen molar-refractivity contribution in [3.05, 3.63) is 38.0 Å². The van der Waals surface area contributed by atoms with Crippen molar-refractivity contribution in [1.82, 2.24) is 4.31 Å². The second-order valence-corrected chi connectivity index (χ2v) is 3.12. The number of hydrogen-bond donors (Lipinski definition) is 0. The zero-order valence-electron chi connectivity index (χ0n) is 6.83. The van der Waals surface area contributed by atoms with E-state index in [1.807, 2.05) is 18.2 Å². The molecule has 0 unspecified atom stereocenters. The van der Waals surface area contributed by atoms with Gasteiger partial charge >= 0.3 is 0 Å². The monoisotopic (exact) mass is 169 g/mol. The molecule has 0 atom stereocenters. The lowest BCUT2D eigenvalue weighted by molar-refractivity contribution is 0.581. The average molecular weight is 169 g/mol. The molecule has 0 aliphatic heterocycles. The summed E-state index contributed by atoms with van der Waals surface area (Å²) in [6, 6.07) is 0. The maximum Gasteiger partial charge on any atom is 0.0271 e. The van der Waals surface area contributed by atoms with Crippen LogP contribution < -0.4 is 0 Å². The lowest BCUT2D eigenvalue weighted by atomic mass is 10.5. The Morgan fingerprint density at radius 3 is 1.91 bits per heavy atom. The van der Waals surface area contributed by atoms with E-state index < -0.39 is 0 Å². The van der Waals surface area contributed by atoms with Gasteiger partial charge in [-0.05, 0) is 0 Å². The van der Waals surface area contributed by atoms with E-state index in [1.165, 1.54) is 0 Å². The Morgan fingerprint density at radius 2 is 1.55 bits per heavy atom. The molecule has 0 N–H and O–H groups in total. The maximum atomic E-state index is 3.68. The van der Waals surface area contributed by atoms with Crippen molar-refractivity contribution < 1.29 is 0 Å². The summed E-state index contributed by atoms with van der Waals surface area (Å²) in [4.78, 5) is 0. The molecule has 0 saturated heterocycles. The molecule has 0 amide bonds. The van der Waals surface area contributed by atoms with Crippen LogP contribution >= 0.6 is 11.9 Å². The summed E-state index contributed by atoms with van der Waals surface area (Å²) in [6.07, 6.45) is 5.67. The third-order valence-corrected chi connectivity index (χ3v) is 2.09. The molecule has 11 heavy (non-hydrogen) atoms. The number of nitrogens with zero attached hydrogens (tertiary/aromatic N) is 1. The van der Waals surface area contributed by atoms with Gasteiger partial charge in [0, 0.05) is 18.8 Å². The van der Waals surface area contributed by atoms with Gasteiger partial charge in [0.25, 0.3) is 0 Å². The van der Waals surface area contributed by atoms with Gasteiger partial charge in [-0.2, -0.15) is 0 Å². The van der Waals surface area contributed by atoms with Crippen LogP contribution in [0.15, 0.2) is 38.0 Å². The molecule has 0 spiro atoms. The van der Waals surface area contributed by atoms with Crippen molar-refractivity contribution in [1.29, 1.82) is 0 Å². The van der Waals surface area contributed by atoms with E-state index in [1.54, 1.807) is 11.9 Å². The summed E-state index contributed by atoms with van der Waals surface area (Å²) in [6.45, 7) is 12.8. The highest BCUT2D eigenvalue weighted by Gasteiger charge is 1.97. The van der Waals surface area contributed by atoms with Crippen LogP contribution in [0.2, 0.25) is 0 Å². The lowest BCUT2D eigenvalue weighted by Gasteiger charge is -2.15. The van der Waals surface area contributed by atoms with Gasteiger partial charge in [-0.1, -0.05) is 30.2 Å². The first-order chi connectivity index (χ1) is 5.35. The Bertz CT molecular complexity index is 122. The largest absolute Gasteiger partial charge is 0.243 e. The van der Waals surface area contributed by atoms with Crippen molar-refractivity contribution in [2.24, 2.45) is 0 Å². The van der Waals surface area contributed by atoms with Crippen molar-refractivity contribution in [2.45, 2.75) is 0 Å². The summed E-state index contributed by atoms with van der Waals surface area (Å²) < 4.78 is 2.18. The molecule has 0 aliphatic rings. The topological polar surface area (TPSA) is 3.24 Å².